The van der Waals surface area contributed by atoms with Gasteiger partial charge in [0.2, 0.25) is 0 Å². The molecule has 3 aliphatic heterocycles. The molecule has 2 aromatic rings. The van der Waals surface area contributed by atoms with Gasteiger partial charge in [0, 0.05) is 0 Å². The van der Waals surface area contributed by atoms with Crippen molar-refractivity contribution < 1.29 is 32.0 Å². The number of nitrogens with one attached hydrogen (secondary N) is 1. The van der Waals surface area contributed by atoms with E-state index in [1.54, 1.807) is 4.90 Å². The van der Waals surface area contributed by atoms with E-state index in [1.807, 2.05) is 0 Å². The summed E-state index contributed by atoms with van der Waals surface area (Å²) in [6.45, 7) is 10.6. The van der Waals surface area contributed by atoms with E-state index in [0.29, 0.717) is 6.42 Å². The zero-order chi connectivity index (χ0) is 27.4. The zero-order valence-electron chi connectivity index (χ0n) is 19.7. The third kappa shape index (κ3) is 4.60. The maximum absolute atomic E-state index is 6.33. The average Bonchev–Trinajstić information content (AvgIpc) is 3.37. The molecular weight excluding hydrogens is 677 g/mol. The van der Waals surface area contributed by atoms with Crippen molar-refractivity contribution in [3.63, 3.8) is 0 Å². The van der Waals surface area contributed by atoms with E-state index < -0.39 is 7.31 Å². The van der Waals surface area contributed by atoms with Crippen molar-refractivity contribution in [2.45, 2.75) is 27.2 Å². The quantitative estimate of drug-likeness (QED) is 0.196. The number of quaternary nitrogens is 1. The molecule has 16 heteroatoms. The van der Waals surface area contributed by atoms with Crippen LogP contribution in [0.15, 0.2) is 0 Å². The van der Waals surface area contributed by atoms with Gasteiger partial charge < -0.3 is 4.90 Å². The number of rotatable bonds is 3. The minimum absolute atomic E-state index is 0.0469. The van der Waals surface area contributed by atoms with E-state index in [2.05, 4.69) is 20.8 Å². The fourth-order valence-electron chi connectivity index (χ4n) is 3.92. The van der Waals surface area contributed by atoms with Gasteiger partial charge >= 0.3 is 210 Å². The summed E-state index contributed by atoms with van der Waals surface area (Å²) in [5.74, 6) is -0.645. The van der Waals surface area contributed by atoms with Crippen molar-refractivity contribution in [3.05, 3.63) is 40.2 Å². The standard InChI is InChI=1S/C15H6Cl8O6P.C6H15N/c16-4-5(17)9(21)13-12(8(4)20)26-30(27-13,24-2-1-3-25-30)28-14-10(22)6(18)7(19)11(23)15(14)29-30;1-4-7(5-2)6-3/h1-3H2;4-6H2,1-3H3/q-1;/p+1. The van der Waals surface area contributed by atoms with Crippen LogP contribution in [0.1, 0.15) is 27.2 Å². The van der Waals surface area contributed by atoms with Gasteiger partial charge in [-0.2, -0.15) is 0 Å². The summed E-state index contributed by atoms with van der Waals surface area (Å²) >= 11 is 49.9. The summed E-state index contributed by atoms with van der Waals surface area (Å²) in [6.07, 6.45) is 0.461. The van der Waals surface area contributed by atoms with Crippen LogP contribution in [0.25, 0.3) is 0 Å². The Morgan fingerprint density at radius 3 is 1.00 bits per heavy atom. The first-order valence-corrected chi connectivity index (χ1v) is 16.4. The SMILES string of the molecule is CC[NH+](CC)CC.Clc1c(Cl)c(Cl)c2c(c1Cl)O[P-]13(OCCCO1)(O2)Oc1c(Cl)c(Cl)c(Cl)c(Cl)c1O3. The van der Waals surface area contributed by atoms with Gasteiger partial charge in [-0.3, -0.25) is 0 Å². The first kappa shape index (κ1) is 30.2. The van der Waals surface area contributed by atoms with E-state index in [1.165, 1.54) is 19.6 Å². The Hall–Kier alpha value is 0.270. The van der Waals surface area contributed by atoms with Crippen LogP contribution < -0.4 is 23.0 Å². The molecule has 1 spiro atoms. The number of halogens is 8. The summed E-state index contributed by atoms with van der Waals surface area (Å²) in [5, 5.41) is -0.874. The molecule has 1 N–H and O–H groups in total. The normalized spacial score (nSPS) is 21.2. The Labute approximate surface area is 253 Å². The first-order chi connectivity index (χ1) is 17.3. The molecule has 2 aromatic carbocycles. The van der Waals surface area contributed by atoms with E-state index in [4.69, 9.17) is 120 Å². The predicted octanol–water partition coefficient (Wildman–Crippen LogP) is 9.10. The van der Waals surface area contributed by atoms with Crippen LogP contribution in [0.2, 0.25) is 40.2 Å². The molecule has 37 heavy (non-hydrogen) atoms. The molecule has 0 aliphatic carbocycles. The molecule has 0 aromatic heterocycles. The maximum atomic E-state index is 6.33. The van der Waals surface area contributed by atoms with Gasteiger partial charge in [-0.15, -0.1) is 0 Å². The molecule has 3 aliphatic rings. The Morgan fingerprint density at radius 1 is 0.514 bits per heavy atom. The molecule has 208 valence electrons. The van der Waals surface area contributed by atoms with Gasteiger partial charge in [0.1, 0.15) is 0 Å². The van der Waals surface area contributed by atoms with E-state index >= 15 is 0 Å². The Bertz CT molecular complexity index is 1110. The minimum atomic E-state index is -6.12. The Morgan fingerprint density at radius 2 is 0.784 bits per heavy atom. The van der Waals surface area contributed by atoms with E-state index in [0.717, 1.165) is 0 Å². The van der Waals surface area contributed by atoms with Crippen molar-refractivity contribution in [1.29, 1.82) is 0 Å². The van der Waals surface area contributed by atoms with E-state index in [9.17, 15) is 0 Å². The van der Waals surface area contributed by atoms with Crippen LogP contribution >= 0.6 is 100 Å². The number of hydrogen-bond acceptors (Lipinski definition) is 6. The molecule has 0 atom stereocenters. The molecule has 7 nitrogen and oxygen atoms in total. The van der Waals surface area contributed by atoms with Crippen LogP contribution in [0, 0.1) is 0 Å². The van der Waals surface area contributed by atoms with Crippen molar-refractivity contribution in [3.8, 4) is 23.0 Å². The molecule has 3 heterocycles. The molecule has 0 unspecified atom stereocenters. The Kier molecular flexibility index (Phi) is 8.39. The fourth-order valence-corrected chi connectivity index (χ4v) is 9.84. The topological polar surface area (TPSA) is 59.8 Å². The van der Waals surface area contributed by atoms with Crippen LogP contribution in [-0.4, -0.2) is 32.8 Å². The summed E-state index contributed by atoms with van der Waals surface area (Å²) in [6, 6.07) is 0. The second kappa shape index (κ2) is 10.3. The van der Waals surface area contributed by atoms with E-state index in [-0.39, 0.29) is 76.4 Å². The second-order valence-electron chi connectivity index (χ2n) is 8.14. The molecule has 0 amide bonds. The van der Waals surface area contributed by atoms with Gasteiger partial charge in [0.05, 0.1) is 19.6 Å². The summed E-state index contributed by atoms with van der Waals surface area (Å²) < 4.78 is 36.1. The Balaban J connectivity index is 0.000000405. The summed E-state index contributed by atoms with van der Waals surface area (Å²) in [4.78, 5) is 1.68. The van der Waals surface area contributed by atoms with Crippen molar-refractivity contribution >= 4 is 100 Å². The monoisotopic (exact) mass is 695 g/mol. The van der Waals surface area contributed by atoms with Crippen molar-refractivity contribution in [1.82, 2.24) is 0 Å². The number of hydrogen-bond donors (Lipinski definition) is 1. The zero-order valence-corrected chi connectivity index (χ0v) is 26.6. The molecule has 1 fully saturated rings. The molecule has 1 saturated heterocycles. The molecule has 0 bridgehead atoms. The molecular formula is C21H22Cl8NO6P. The van der Waals surface area contributed by atoms with Gasteiger partial charge in [-0.25, -0.2) is 0 Å². The van der Waals surface area contributed by atoms with Crippen LogP contribution in [0.5, 0.6) is 23.0 Å². The fraction of sp³-hybridized carbons (Fsp3) is 0.429. The van der Waals surface area contributed by atoms with Crippen LogP contribution in [-0.2, 0) is 9.05 Å². The number of benzene rings is 2. The third-order valence-corrected chi connectivity index (χ3v) is 13.1. The summed E-state index contributed by atoms with van der Waals surface area (Å²) in [5.41, 5.74) is 0. The van der Waals surface area contributed by atoms with Crippen LogP contribution in [0.4, 0.5) is 0 Å². The van der Waals surface area contributed by atoms with Crippen molar-refractivity contribution in [2.24, 2.45) is 0 Å². The molecule has 0 radical (unpaired) electrons. The molecule has 5 rings (SSSR count). The average molecular weight is 699 g/mol. The predicted molar refractivity (Wildman–Crippen MR) is 152 cm³/mol. The summed E-state index contributed by atoms with van der Waals surface area (Å²) in [7, 11) is -6.12. The number of fused-ring (bicyclic) bond motifs is 2. The third-order valence-electron chi connectivity index (χ3n) is 5.97. The van der Waals surface area contributed by atoms with Gasteiger partial charge in [-0.05, 0) is 20.8 Å². The first-order valence-electron chi connectivity index (χ1n) is 11.2. The van der Waals surface area contributed by atoms with Gasteiger partial charge in [-0.1, -0.05) is 0 Å². The van der Waals surface area contributed by atoms with Gasteiger partial charge in [0.15, 0.2) is 0 Å². The van der Waals surface area contributed by atoms with Gasteiger partial charge in [0.25, 0.3) is 0 Å². The second-order valence-corrected chi connectivity index (χ2v) is 14.6. The van der Waals surface area contributed by atoms with Crippen molar-refractivity contribution in [2.75, 3.05) is 32.8 Å². The molecule has 0 saturated carbocycles. The van der Waals surface area contributed by atoms with Crippen LogP contribution in [0.3, 0.4) is 0 Å².